The molecule has 0 unspecified atom stereocenters. The number of pyridine rings is 1. The Balaban J connectivity index is 1.56. The fraction of sp³-hybridized carbons (Fsp3) is 0.474. The van der Waals surface area contributed by atoms with Crippen molar-refractivity contribution >= 4 is 11.7 Å². The number of nitrogens with one attached hydrogen (secondary N) is 1. The summed E-state index contributed by atoms with van der Waals surface area (Å²) in [7, 11) is 1.94. The number of aryl methyl sites for hydroxylation is 1. The molecule has 0 spiro atoms. The molecule has 1 aliphatic heterocycles. The lowest BCUT2D eigenvalue weighted by Crippen LogP contribution is -2.32. The fourth-order valence-corrected chi connectivity index (χ4v) is 3.56. The van der Waals surface area contributed by atoms with E-state index < -0.39 is 0 Å². The molecule has 0 bridgehead atoms. The Bertz CT molecular complexity index is 850. The van der Waals surface area contributed by atoms with Crippen LogP contribution < -0.4 is 5.32 Å². The van der Waals surface area contributed by atoms with Crippen molar-refractivity contribution < 1.29 is 4.79 Å². The Morgan fingerprint density at radius 1 is 1.38 bits per heavy atom. The molecule has 2 atom stereocenters. The second-order valence-corrected chi connectivity index (χ2v) is 7.28. The number of hydrogen-bond acceptors (Lipinski definition) is 5. The molecule has 2 aromatic rings. The van der Waals surface area contributed by atoms with Crippen molar-refractivity contribution in [1.82, 2.24) is 19.4 Å². The molecule has 7 heteroatoms. The van der Waals surface area contributed by atoms with Crippen LogP contribution in [0.25, 0.3) is 0 Å². The zero-order chi connectivity index (χ0) is 18.1. The molecule has 2 aromatic heterocycles. The van der Waals surface area contributed by atoms with Crippen molar-refractivity contribution in [2.24, 2.45) is 13.0 Å². The number of carbonyl (C=O) groups excluding carboxylic acids is 1. The number of carbonyl (C=O) groups is 1. The van der Waals surface area contributed by atoms with E-state index >= 15 is 0 Å². The predicted molar refractivity (Wildman–Crippen MR) is 96.2 cm³/mol. The summed E-state index contributed by atoms with van der Waals surface area (Å²) in [6, 6.07) is 5.65. The zero-order valence-corrected chi connectivity index (χ0v) is 14.8. The van der Waals surface area contributed by atoms with Crippen LogP contribution in [0.15, 0.2) is 30.9 Å². The van der Waals surface area contributed by atoms with Crippen LogP contribution in [0.5, 0.6) is 0 Å². The molecule has 134 valence electrons. The molecular formula is C19H22N6O. The summed E-state index contributed by atoms with van der Waals surface area (Å²) < 4.78 is 1.92. The normalized spacial score (nSPS) is 22.2. The van der Waals surface area contributed by atoms with Crippen LogP contribution >= 0.6 is 0 Å². The van der Waals surface area contributed by atoms with E-state index in [0.717, 1.165) is 5.69 Å². The Hall–Kier alpha value is -2.88. The van der Waals surface area contributed by atoms with Gasteiger partial charge in [0.2, 0.25) is 5.91 Å². The first-order valence-corrected chi connectivity index (χ1v) is 9.01. The number of anilines is 1. The number of imidazole rings is 1. The van der Waals surface area contributed by atoms with E-state index in [-0.39, 0.29) is 17.9 Å². The summed E-state index contributed by atoms with van der Waals surface area (Å²) in [5, 5.41) is 12.7. The smallest absolute Gasteiger partial charge is 0.222 e. The van der Waals surface area contributed by atoms with Crippen molar-refractivity contribution in [3.63, 3.8) is 0 Å². The van der Waals surface area contributed by atoms with E-state index in [0.29, 0.717) is 36.8 Å². The maximum absolute atomic E-state index is 12.6. The van der Waals surface area contributed by atoms with Gasteiger partial charge in [0.25, 0.3) is 0 Å². The number of nitriles is 1. The minimum Gasteiger partial charge on any atom is -0.364 e. The predicted octanol–water partition coefficient (Wildman–Crippen LogP) is 1.89. The van der Waals surface area contributed by atoms with E-state index in [1.807, 2.05) is 22.7 Å². The summed E-state index contributed by atoms with van der Waals surface area (Å²) in [6.45, 7) is 1.25. The van der Waals surface area contributed by atoms with Crippen molar-refractivity contribution in [2.45, 2.75) is 31.2 Å². The molecular weight excluding hydrogens is 328 g/mol. The summed E-state index contributed by atoms with van der Waals surface area (Å²) in [5.74, 6) is 1.44. The van der Waals surface area contributed by atoms with Gasteiger partial charge in [0.15, 0.2) is 0 Å². The standard InChI is InChI=1S/C19H22N6O/c1-24-10-16(22-12-24)15-9-25(18(26)7-13-4-5-13)11-17(15)23-19-14(8-20)3-2-6-21-19/h2-3,6,10,12-13,15,17H,4-5,7,9,11H2,1H3,(H,21,23)/t15-,17+/m0/s1. The van der Waals surface area contributed by atoms with Gasteiger partial charge >= 0.3 is 0 Å². The second kappa shape index (κ2) is 6.79. The Labute approximate surface area is 152 Å². The topological polar surface area (TPSA) is 86.8 Å². The van der Waals surface area contributed by atoms with Crippen LogP contribution in [-0.4, -0.2) is 44.5 Å². The van der Waals surface area contributed by atoms with Crippen molar-refractivity contribution in [2.75, 3.05) is 18.4 Å². The maximum atomic E-state index is 12.6. The molecule has 1 amide bonds. The van der Waals surface area contributed by atoms with Crippen molar-refractivity contribution in [1.29, 1.82) is 5.26 Å². The van der Waals surface area contributed by atoms with Crippen molar-refractivity contribution in [3.8, 4) is 6.07 Å². The van der Waals surface area contributed by atoms with Crippen LogP contribution in [0.3, 0.4) is 0 Å². The van der Waals surface area contributed by atoms with Gasteiger partial charge in [-0.1, -0.05) is 0 Å². The number of rotatable bonds is 5. The van der Waals surface area contributed by atoms with Crippen LogP contribution in [0, 0.1) is 17.2 Å². The highest BCUT2D eigenvalue weighted by atomic mass is 16.2. The van der Waals surface area contributed by atoms with Crippen LogP contribution in [0.4, 0.5) is 5.82 Å². The van der Waals surface area contributed by atoms with Crippen molar-refractivity contribution in [3.05, 3.63) is 42.1 Å². The molecule has 3 heterocycles. The van der Waals surface area contributed by atoms with Gasteiger partial charge in [-0.2, -0.15) is 5.26 Å². The molecule has 4 rings (SSSR count). The van der Waals surface area contributed by atoms with Gasteiger partial charge in [0.05, 0.1) is 23.6 Å². The minimum absolute atomic E-state index is 0.0185. The zero-order valence-electron chi connectivity index (χ0n) is 14.8. The van der Waals surface area contributed by atoms with Crippen LogP contribution in [0.2, 0.25) is 0 Å². The molecule has 0 aromatic carbocycles. The first-order valence-electron chi connectivity index (χ1n) is 9.01. The van der Waals surface area contributed by atoms with Crippen LogP contribution in [0.1, 0.15) is 36.4 Å². The summed E-state index contributed by atoms with van der Waals surface area (Å²) in [4.78, 5) is 23.3. The van der Waals surface area contributed by atoms with Gasteiger partial charge in [-0.15, -0.1) is 0 Å². The van der Waals surface area contributed by atoms with Gasteiger partial charge < -0.3 is 14.8 Å². The molecule has 2 fully saturated rings. The number of amides is 1. The lowest BCUT2D eigenvalue weighted by atomic mass is 10.00. The average molecular weight is 350 g/mol. The summed E-state index contributed by atoms with van der Waals surface area (Å²) in [5.41, 5.74) is 1.47. The number of aromatic nitrogens is 3. The molecule has 1 aliphatic carbocycles. The number of likely N-dealkylation sites (tertiary alicyclic amines) is 1. The van der Waals surface area contributed by atoms with Gasteiger partial charge in [-0.25, -0.2) is 9.97 Å². The third-order valence-corrected chi connectivity index (χ3v) is 5.19. The number of hydrogen-bond donors (Lipinski definition) is 1. The molecule has 1 saturated carbocycles. The largest absolute Gasteiger partial charge is 0.364 e. The molecule has 2 aliphatic rings. The molecule has 26 heavy (non-hydrogen) atoms. The van der Waals surface area contributed by atoms with Gasteiger partial charge in [0, 0.05) is 44.9 Å². The minimum atomic E-state index is -0.0185. The Kier molecular flexibility index (Phi) is 4.33. The first-order chi connectivity index (χ1) is 12.6. The average Bonchev–Trinajstić information content (AvgIpc) is 3.19. The Morgan fingerprint density at radius 2 is 2.23 bits per heavy atom. The molecule has 7 nitrogen and oxygen atoms in total. The lowest BCUT2D eigenvalue weighted by Gasteiger charge is -2.19. The highest BCUT2D eigenvalue weighted by Gasteiger charge is 2.39. The van der Waals surface area contributed by atoms with E-state index in [2.05, 4.69) is 21.4 Å². The van der Waals surface area contributed by atoms with E-state index in [1.165, 1.54) is 12.8 Å². The van der Waals surface area contributed by atoms with Crippen LogP contribution in [-0.2, 0) is 11.8 Å². The Morgan fingerprint density at radius 3 is 2.92 bits per heavy atom. The maximum Gasteiger partial charge on any atom is 0.222 e. The first kappa shape index (κ1) is 16.6. The highest BCUT2D eigenvalue weighted by molar-refractivity contribution is 5.77. The van der Waals surface area contributed by atoms with E-state index in [1.54, 1.807) is 24.7 Å². The fourth-order valence-electron chi connectivity index (χ4n) is 3.56. The second-order valence-electron chi connectivity index (χ2n) is 7.28. The summed E-state index contributed by atoms with van der Waals surface area (Å²) >= 11 is 0. The van der Waals surface area contributed by atoms with Gasteiger partial charge in [-0.3, -0.25) is 4.79 Å². The monoisotopic (exact) mass is 350 g/mol. The van der Waals surface area contributed by atoms with E-state index in [4.69, 9.17) is 0 Å². The van der Waals surface area contributed by atoms with Gasteiger partial charge in [0.1, 0.15) is 11.9 Å². The SMILES string of the molecule is Cn1cnc([C@@H]2CN(C(=O)CC3CC3)C[C@H]2Nc2ncccc2C#N)c1. The third kappa shape index (κ3) is 3.40. The third-order valence-electron chi connectivity index (χ3n) is 5.19. The molecule has 1 saturated heterocycles. The summed E-state index contributed by atoms with van der Waals surface area (Å²) in [6.07, 6.45) is 8.44. The van der Waals surface area contributed by atoms with Gasteiger partial charge in [-0.05, 0) is 30.9 Å². The number of nitrogens with zero attached hydrogens (tertiary/aromatic N) is 5. The van der Waals surface area contributed by atoms with E-state index in [9.17, 15) is 10.1 Å². The molecule has 1 N–H and O–H groups in total. The lowest BCUT2D eigenvalue weighted by molar-refractivity contribution is -0.130. The quantitative estimate of drug-likeness (QED) is 0.890. The molecule has 0 radical (unpaired) electrons. The highest BCUT2D eigenvalue weighted by Crippen LogP contribution is 2.35.